The highest BCUT2D eigenvalue weighted by Crippen LogP contribution is 2.27. The molecule has 27 heavy (non-hydrogen) atoms. The predicted octanol–water partition coefficient (Wildman–Crippen LogP) is 4.11. The zero-order chi connectivity index (χ0) is 19.6. The summed E-state index contributed by atoms with van der Waals surface area (Å²) < 4.78 is 27.6. The first-order valence-electron chi connectivity index (χ1n) is 7.97. The summed E-state index contributed by atoms with van der Waals surface area (Å²) in [6, 6.07) is 12.1. The van der Waals surface area contributed by atoms with Crippen molar-refractivity contribution in [3.8, 4) is 11.4 Å². The minimum atomic E-state index is -3.86. The monoisotopic (exact) mass is 423 g/mol. The molecule has 3 rings (SSSR count). The summed E-state index contributed by atoms with van der Waals surface area (Å²) in [7, 11) is -3.86. The van der Waals surface area contributed by atoms with Crippen molar-refractivity contribution < 1.29 is 8.42 Å². The summed E-state index contributed by atoms with van der Waals surface area (Å²) in [5, 5.41) is 0.412. The van der Waals surface area contributed by atoms with Gasteiger partial charge < -0.3 is 4.98 Å². The van der Waals surface area contributed by atoms with Crippen molar-refractivity contribution in [2.45, 2.75) is 18.2 Å². The summed E-state index contributed by atoms with van der Waals surface area (Å²) in [5.41, 5.74) is 1.29. The fourth-order valence-corrected chi connectivity index (χ4v) is 3.85. The number of nitrogens with one attached hydrogen (secondary N) is 2. The van der Waals surface area contributed by atoms with Crippen LogP contribution in [0, 0.1) is 0 Å². The quantitative estimate of drug-likeness (QED) is 0.645. The SMILES string of the molecule is CCc1cc(=O)[nH]c(-c2cccc(NS(=O)(=O)c3ccc(Cl)c(Cl)c3)c2)n1. The van der Waals surface area contributed by atoms with E-state index in [1.54, 1.807) is 24.3 Å². The highest BCUT2D eigenvalue weighted by Gasteiger charge is 2.16. The topological polar surface area (TPSA) is 91.9 Å². The number of benzene rings is 2. The number of hydrogen-bond donors (Lipinski definition) is 2. The lowest BCUT2D eigenvalue weighted by molar-refractivity contribution is 0.601. The summed E-state index contributed by atoms with van der Waals surface area (Å²) in [5.74, 6) is 0.370. The Morgan fingerprint density at radius 2 is 1.85 bits per heavy atom. The van der Waals surface area contributed by atoms with Crippen molar-refractivity contribution in [1.29, 1.82) is 0 Å². The standard InChI is InChI=1S/C18H15Cl2N3O3S/c1-2-12-9-17(24)22-18(21-12)11-4-3-5-13(8-11)23-27(25,26)14-6-7-15(19)16(20)10-14/h3-10,23H,2H2,1H3,(H,21,22,24). The largest absolute Gasteiger partial charge is 0.307 e. The van der Waals surface area contributed by atoms with Crippen molar-refractivity contribution in [1.82, 2.24) is 9.97 Å². The van der Waals surface area contributed by atoms with Gasteiger partial charge in [-0.1, -0.05) is 42.3 Å². The second-order valence-electron chi connectivity index (χ2n) is 5.70. The average molecular weight is 424 g/mol. The fraction of sp³-hybridized carbons (Fsp3) is 0.111. The molecule has 9 heteroatoms. The van der Waals surface area contributed by atoms with Crippen LogP contribution in [-0.4, -0.2) is 18.4 Å². The van der Waals surface area contributed by atoms with Crippen molar-refractivity contribution in [2.75, 3.05) is 4.72 Å². The Balaban J connectivity index is 1.95. The molecule has 0 fully saturated rings. The number of nitrogens with zero attached hydrogens (tertiary/aromatic N) is 1. The Hall–Kier alpha value is -2.35. The molecule has 1 heterocycles. The molecule has 1 aromatic heterocycles. The van der Waals surface area contributed by atoms with Crippen LogP contribution < -0.4 is 10.3 Å². The van der Waals surface area contributed by atoms with E-state index in [-0.39, 0.29) is 20.5 Å². The Bertz CT molecular complexity index is 1160. The number of rotatable bonds is 5. The van der Waals surface area contributed by atoms with E-state index in [1.807, 2.05) is 6.92 Å². The number of aryl methyl sites for hydroxylation is 1. The number of aromatic nitrogens is 2. The van der Waals surface area contributed by atoms with Gasteiger partial charge in [0.15, 0.2) is 0 Å². The number of aromatic amines is 1. The lowest BCUT2D eigenvalue weighted by Crippen LogP contribution is -2.13. The second-order valence-corrected chi connectivity index (χ2v) is 8.20. The molecule has 140 valence electrons. The van der Waals surface area contributed by atoms with E-state index in [2.05, 4.69) is 14.7 Å². The lowest BCUT2D eigenvalue weighted by atomic mass is 10.2. The van der Waals surface area contributed by atoms with Crippen LogP contribution >= 0.6 is 23.2 Å². The number of halogens is 2. The first kappa shape index (κ1) is 19.4. The highest BCUT2D eigenvalue weighted by molar-refractivity contribution is 7.92. The van der Waals surface area contributed by atoms with Gasteiger partial charge in [-0.25, -0.2) is 13.4 Å². The highest BCUT2D eigenvalue weighted by atomic mass is 35.5. The maximum atomic E-state index is 12.6. The van der Waals surface area contributed by atoms with Gasteiger partial charge in [-0.3, -0.25) is 9.52 Å². The molecule has 0 saturated heterocycles. The molecule has 2 N–H and O–H groups in total. The van der Waals surface area contributed by atoms with E-state index in [1.165, 1.54) is 24.3 Å². The summed E-state index contributed by atoms with van der Waals surface area (Å²) >= 11 is 11.7. The minimum absolute atomic E-state index is 0.0122. The van der Waals surface area contributed by atoms with Crippen LogP contribution in [0.2, 0.25) is 10.0 Å². The van der Waals surface area contributed by atoms with Crippen molar-refractivity contribution in [3.05, 3.63) is 74.6 Å². The molecule has 0 bridgehead atoms. The fourth-order valence-electron chi connectivity index (χ4n) is 2.41. The summed E-state index contributed by atoms with van der Waals surface area (Å²) in [6.45, 7) is 1.90. The number of H-pyrrole nitrogens is 1. The van der Waals surface area contributed by atoms with Crippen LogP contribution in [-0.2, 0) is 16.4 Å². The van der Waals surface area contributed by atoms with Crippen molar-refractivity contribution >= 4 is 38.9 Å². The first-order chi connectivity index (χ1) is 12.8. The van der Waals surface area contributed by atoms with Crippen LogP contribution in [0.15, 0.2) is 58.2 Å². The molecule has 0 unspecified atom stereocenters. The van der Waals surface area contributed by atoms with Crippen molar-refractivity contribution in [3.63, 3.8) is 0 Å². The van der Waals surface area contributed by atoms with E-state index in [9.17, 15) is 13.2 Å². The van der Waals surface area contributed by atoms with E-state index in [4.69, 9.17) is 23.2 Å². The van der Waals surface area contributed by atoms with Gasteiger partial charge in [-0.15, -0.1) is 0 Å². The first-order valence-corrected chi connectivity index (χ1v) is 10.2. The van der Waals surface area contributed by atoms with Crippen LogP contribution in [0.4, 0.5) is 5.69 Å². The molecule has 0 radical (unpaired) electrons. The van der Waals surface area contributed by atoms with Gasteiger partial charge in [-0.05, 0) is 36.8 Å². The average Bonchev–Trinajstić information content (AvgIpc) is 2.63. The molecule has 0 saturated carbocycles. The molecule has 0 amide bonds. The Morgan fingerprint density at radius 3 is 2.56 bits per heavy atom. The third-order valence-corrected chi connectivity index (χ3v) is 5.86. The van der Waals surface area contributed by atoms with Crippen LogP contribution in [0.1, 0.15) is 12.6 Å². The Kier molecular flexibility index (Phi) is 5.55. The van der Waals surface area contributed by atoms with E-state index >= 15 is 0 Å². The summed E-state index contributed by atoms with van der Waals surface area (Å²) in [6.07, 6.45) is 0.612. The predicted molar refractivity (Wildman–Crippen MR) is 107 cm³/mol. The van der Waals surface area contributed by atoms with Crippen LogP contribution in [0.25, 0.3) is 11.4 Å². The van der Waals surface area contributed by atoms with Gasteiger partial charge in [0.25, 0.3) is 15.6 Å². The molecule has 0 spiro atoms. The molecular formula is C18H15Cl2N3O3S. The van der Waals surface area contributed by atoms with Gasteiger partial charge in [0.1, 0.15) is 5.82 Å². The second kappa shape index (κ2) is 7.72. The minimum Gasteiger partial charge on any atom is -0.307 e. The van der Waals surface area contributed by atoms with Crippen LogP contribution in [0.3, 0.4) is 0 Å². The molecule has 0 aliphatic carbocycles. The molecule has 0 atom stereocenters. The molecule has 0 aliphatic heterocycles. The van der Waals surface area contributed by atoms with Gasteiger partial charge in [-0.2, -0.15) is 0 Å². The summed E-state index contributed by atoms with van der Waals surface area (Å²) in [4.78, 5) is 18.8. The van der Waals surface area contributed by atoms with Gasteiger partial charge in [0.05, 0.1) is 14.9 Å². The zero-order valence-corrected chi connectivity index (χ0v) is 16.5. The third-order valence-electron chi connectivity index (χ3n) is 3.75. The molecule has 2 aromatic carbocycles. The number of sulfonamides is 1. The maximum absolute atomic E-state index is 12.6. The Labute approximate surface area is 166 Å². The number of anilines is 1. The third kappa shape index (κ3) is 4.50. The van der Waals surface area contributed by atoms with E-state index in [0.717, 1.165) is 0 Å². The smallest absolute Gasteiger partial charge is 0.261 e. The van der Waals surface area contributed by atoms with Crippen LogP contribution in [0.5, 0.6) is 0 Å². The zero-order valence-electron chi connectivity index (χ0n) is 14.2. The van der Waals surface area contributed by atoms with Gasteiger partial charge in [0.2, 0.25) is 0 Å². The number of hydrogen-bond acceptors (Lipinski definition) is 4. The molecule has 3 aromatic rings. The molecule has 0 aliphatic rings. The van der Waals surface area contributed by atoms with E-state index < -0.39 is 10.0 Å². The molecular weight excluding hydrogens is 409 g/mol. The normalized spacial score (nSPS) is 11.4. The Morgan fingerprint density at radius 1 is 1.07 bits per heavy atom. The van der Waals surface area contributed by atoms with Gasteiger partial charge in [0, 0.05) is 23.0 Å². The van der Waals surface area contributed by atoms with Crippen molar-refractivity contribution in [2.24, 2.45) is 0 Å². The molecule has 6 nitrogen and oxygen atoms in total. The van der Waals surface area contributed by atoms with E-state index in [0.29, 0.717) is 29.2 Å². The lowest BCUT2D eigenvalue weighted by Gasteiger charge is -2.10. The maximum Gasteiger partial charge on any atom is 0.261 e. The van der Waals surface area contributed by atoms with Gasteiger partial charge >= 0.3 is 0 Å².